The third kappa shape index (κ3) is 3.63. The number of carbonyl (C=O) groups excluding carboxylic acids is 1. The first kappa shape index (κ1) is 20.3. The molecule has 2 atom stereocenters. The van der Waals surface area contributed by atoms with Crippen LogP contribution >= 0.6 is 0 Å². The van der Waals surface area contributed by atoms with E-state index in [-0.39, 0.29) is 23.6 Å². The first-order valence-corrected chi connectivity index (χ1v) is 10.4. The standard InChI is InChI=1S/C24H28N4O2/c1-16-9-11-19(12-10-16)23(29)28-14-13-27(15-17(28)2)18(3)22-25-21-8-6-5-7-20(21)24(30)26(22)4/h5-12,17-18H,13-15H2,1-4H3. The van der Waals surface area contributed by atoms with Crippen molar-refractivity contribution in [1.29, 1.82) is 0 Å². The van der Waals surface area contributed by atoms with Crippen LogP contribution in [0.5, 0.6) is 0 Å². The van der Waals surface area contributed by atoms with Crippen LogP contribution in [0.2, 0.25) is 0 Å². The molecule has 1 fully saturated rings. The Bertz CT molecular complexity index is 1140. The Labute approximate surface area is 176 Å². The Kier molecular flexibility index (Phi) is 5.43. The molecule has 2 unspecified atom stereocenters. The third-order valence-corrected chi connectivity index (χ3v) is 6.16. The predicted molar refractivity (Wildman–Crippen MR) is 119 cm³/mol. The van der Waals surface area contributed by atoms with Crippen LogP contribution in [0, 0.1) is 6.92 Å². The van der Waals surface area contributed by atoms with E-state index in [0.717, 1.165) is 35.6 Å². The highest BCUT2D eigenvalue weighted by Crippen LogP contribution is 2.24. The van der Waals surface area contributed by atoms with Crippen molar-refractivity contribution in [2.24, 2.45) is 7.05 Å². The number of fused-ring (bicyclic) bond motifs is 1. The van der Waals surface area contributed by atoms with E-state index in [9.17, 15) is 9.59 Å². The van der Waals surface area contributed by atoms with E-state index >= 15 is 0 Å². The lowest BCUT2D eigenvalue weighted by atomic mass is 10.1. The Morgan fingerprint density at radius 2 is 1.80 bits per heavy atom. The molecule has 0 radical (unpaired) electrons. The van der Waals surface area contributed by atoms with Gasteiger partial charge in [-0.15, -0.1) is 0 Å². The van der Waals surface area contributed by atoms with Crippen LogP contribution in [0.3, 0.4) is 0 Å². The van der Waals surface area contributed by atoms with E-state index in [1.54, 1.807) is 11.6 Å². The molecule has 2 heterocycles. The summed E-state index contributed by atoms with van der Waals surface area (Å²) in [5, 5.41) is 0.637. The second kappa shape index (κ2) is 8.03. The Balaban J connectivity index is 1.54. The van der Waals surface area contributed by atoms with Gasteiger partial charge in [-0.1, -0.05) is 29.8 Å². The summed E-state index contributed by atoms with van der Waals surface area (Å²) in [4.78, 5) is 34.8. The number of amides is 1. The smallest absolute Gasteiger partial charge is 0.261 e. The summed E-state index contributed by atoms with van der Waals surface area (Å²) in [6.45, 7) is 8.32. The number of aryl methyl sites for hydroxylation is 1. The Morgan fingerprint density at radius 1 is 1.10 bits per heavy atom. The zero-order valence-electron chi connectivity index (χ0n) is 18.0. The zero-order valence-corrected chi connectivity index (χ0v) is 18.0. The molecule has 0 saturated carbocycles. The van der Waals surface area contributed by atoms with Gasteiger partial charge < -0.3 is 4.90 Å². The van der Waals surface area contributed by atoms with Gasteiger partial charge in [-0.25, -0.2) is 4.98 Å². The first-order valence-electron chi connectivity index (χ1n) is 10.4. The van der Waals surface area contributed by atoms with Crippen LogP contribution in [0.1, 0.15) is 41.6 Å². The number of hydrogen-bond donors (Lipinski definition) is 0. The average molecular weight is 405 g/mol. The predicted octanol–water partition coefficient (Wildman–Crippen LogP) is 3.15. The number of benzene rings is 2. The van der Waals surface area contributed by atoms with Gasteiger partial charge in [0.25, 0.3) is 11.5 Å². The summed E-state index contributed by atoms with van der Waals surface area (Å²) < 4.78 is 1.65. The minimum Gasteiger partial charge on any atom is -0.333 e. The maximum Gasteiger partial charge on any atom is 0.261 e. The van der Waals surface area contributed by atoms with Crippen molar-refractivity contribution < 1.29 is 4.79 Å². The number of nitrogens with zero attached hydrogens (tertiary/aromatic N) is 4. The van der Waals surface area contributed by atoms with Gasteiger partial charge in [-0.05, 0) is 45.0 Å². The molecule has 0 spiro atoms. The van der Waals surface area contributed by atoms with E-state index in [1.807, 2.05) is 60.4 Å². The van der Waals surface area contributed by atoms with Gasteiger partial charge in [0.1, 0.15) is 5.82 Å². The van der Waals surface area contributed by atoms with Crippen LogP contribution in [-0.2, 0) is 7.05 Å². The third-order valence-electron chi connectivity index (χ3n) is 6.16. The van der Waals surface area contributed by atoms with Gasteiger partial charge >= 0.3 is 0 Å². The molecule has 3 aromatic rings. The molecule has 6 nitrogen and oxygen atoms in total. The SMILES string of the molecule is Cc1ccc(C(=O)N2CCN(C(C)c3nc4ccccc4c(=O)n3C)CC2C)cc1. The minimum absolute atomic E-state index is 0.0219. The topological polar surface area (TPSA) is 58.4 Å². The van der Waals surface area contributed by atoms with Crippen molar-refractivity contribution >= 4 is 16.8 Å². The maximum absolute atomic E-state index is 13.0. The van der Waals surface area contributed by atoms with E-state index < -0.39 is 0 Å². The molecular formula is C24H28N4O2. The van der Waals surface area contributed by atoms with E-state index in [0.29, 0.717) is 11.9 Å². The number of carbonyl (C=O) groups is 1. The fourth-order valence-corrected chi connectivity index (χ4v) is 4.27. The molecule has 1 aromatic heterocycles. The highest BCUT2D eigenvalue weighted by molar-refractivity contribution is 5.94. The number of para-hydroxylation sites is 1. The summed E-state index contributed by atoms with van der Waals surface area (Å²) in [6.07, 6.45) is 0. The molecule has 156 valence electrons. The van der Waals surface area contributed by atoms with Gasteiger partial charge in [-0.2, -0.15) is 0 Å². The molecule has 1 saturated heterocycles. The van der Waals surface area contributed by atoms with Gasteiger partial charge in [0.05, 0.1) is 16.9 Å². The molecule has 0 N–H and O–H groups in total. The molecule has 0 bridgehead atoms. The van der Waals surface area contributed by atoms with Crippen LogP contribution in [0.25, 0.3) is 10.9 Å². The molecule has 4 rings (SSSR count). The summed E-state index contributed by atoms with van der Waals surface area (Å²) in [6, 6.07) is 15.3. The molecule has 2 aromatic carbocycles. The van der Waals surface area contributed by atoms with Crippen LogP contribution < -0.4 is 5.56 Å². The minimum atomic E-state index is -0.0244. The lowest BCUT2D eigenvalue weighted by Gasteiger charge is -2.42. The van der Waals surface area contributed by atoms with Crippen LogP contribution in [0.15, 0.2) is 53.3 Å². The second-order valence-electron chi connectivity index (χ2n) is 8.24. The maximum atomic E-state index is 13.0. The monoisotopic (exact) mass is 404 g/mol. The number of piperazine rings is 1. The quantitative estimate of drug-likeness (QED) is 0.673. The van der Waals surface area contributed by atoms with E-state index in [4.69, 9.17) is 4.98 Å². The molecular weight excluding hydrogens is 376 g/mol. The van der Waals surface area contributed by atoms with Crippen molar-refractivity contribution in [1.82, 2.24) is 19.4 Å². The molecule has 6 heteroatoms. The first-order chi connectivity index (χ1) is 14.4. The van der Waals surface area contributed by atoms with Crippen LogP contribution in [0.4, 0.5) is 0 Å². The van der Waals surface area contributed by atoms with Crippen molar-refractivity contribution in [2.45, 2.75) is 32.9 Å². The summed E-state index contributed by atoms with van der Waals surface area (Å²) in [7, 11) is 1.79. The van der Waals surface area contributed by atoms with Crippen molar-refractivity contribution in [3.05, 3.63) is 75.8 Å². The van der Waals surface area contributed by atoms with Gasteiger partial charge in [0.2, 0.25) is 0 Å². The Morgan fingerprint density at radius 3 is 2.50 bits per heavy atom. The highest BCUT2D eigenvalue weighted by atomic mass is 16.2. The summed E-state index contributed by atoms with van der Waals surface area (Å²) in [5.41, 5.74) is 2.58. The molecule has 1 aliphatic heterocycles. The molecule has 0 aliphatic carbocycles. The fourth-order valence-electron chi connectivity index (χ4n) is 4.27. The van der Waals surface area contributed by atoms with E-state index in [1.165, 1.54) is 0 Å². The van der Waals surface area contributed by atoms with Crippen molar-refractivity contribution in [2.75, 3.05) is 19.6 Å². The number of hydrogen-bond acceptors (Lipinski definition) is 4. The molecule has 1 aliphatic rings. The molecule has 1 amide bonds. The van der Waals surface area contributed by atoms with Crippen LogP contribution in [-0.4, -0.2) is 50.9 Å². The van der Waals surface area contributed by atoms with Crippen molar-refractivity contribution in [3.63, 3.8) is 0 Å². The normalized spacial score (nSPS) is 18.5. The fraction of sp³-hybridized carbons (Fsp3) is 0.375. The lowest BCUT2D eigenvalue weighted by molar-refractivity contribution is 0.0392. The average Bonchev–Trinajstić information content (AvgIpc) is 2.76. The summed E-state index contributed by atoms with van der Waals surface area (Å²) in [5.74, 6) is 0.829. The second-order valence-corrected chi connectivity index (χ2v) is 8.24. The highest BCUT2D eigenvalue weighted by Gasteiger charge is 2.31. The Hall–Kier alpha value is -2.99. The van der Waals surface area contributed by atoms with Gasteiger partial charge in [0, 0.05) is 38.3 Å². The number of aromatic nitrogens is 2. The molecule has 30 heavy (non-hydrogen) atoms. The van der Waals surface area contributed by atoms with Gasteiger partial charge in [0.15, 0.2) is 0 Å². The van der Waals surface area contributed by atoms with Gasteiger partial charge in [-0.3, -0.25) is 19.1 Å². The number of rotatable bonds is 3. The lowest BCUT2D eigenvalue weighted by Crippen LogP contribution is -2.54. The summed E-state index contributed by atoms with van der Waals surface area (Å²) >= 11 is 0. The van der Waals surface area contributed by atoms with E-state index in [2.05, 4.69) is 18.7 Å². The zero-order chi connectivity index (χ0) is 21.4. The largest absolute Gasteiger partial charge is 0.333 e. The van der Waals surface area contributed by atoms with Crippen molar-refractivity contribution in [3.8, 4) is 0 Å².